The van der Waals surface area contributed by atoms with Gasteiger partial charge in [-0.3, -0.25) is 10.1 Å². The zero-order chi connectivity index (χ0) is 20.8. The van der Waals surface area contributed by atoms with Gasteiger partial charge in [0.15, 0.2) is 6.61 Å². The van der Waals surface area contributed by atoms with Gasteiger partial charge in [0.1, 0.15) is 10.7 Å². The Hall–Kier alpha value is -2.87. The van der Waals surface area contributed by atoms with Crippen LogP contribution in [0, 0.1) is 13.8 Å². The lowest BCUT2D eigenvalue weighted by Crippen LogP contribution is -2.44. The van der Waals surface area contributed by atoms with E-state index in [-0.39, 0.29) is 16.8 Å². The molecule has 0 bridgehead atoms. The Bertz CT molecular complexity index is 875. The van der Waals surface area contributed by atoms with Crippen LogP contribution in [0.1, 0.15) is 41.0 Å². The van der Waals surface area contributed by atoms with E-state index in [9.17, 15) is 14.4 Å². The molecule has 0 aliphatic carbocycles. The van der Waals surface area contributed by atoms with Crippen LogP contribution in [0.25, 0.3) is 0 Å². The number of nitrogens with zero attached hydrogens (tertiary/aromatic N) is 2. The highest BCUT2D eigenvalue weighted by Crippen LogP contribution is 2.22. The Morgan fingerprint density at radius 2 is 1.82 bits per heavy atom. The van der Waals surface area contributed by atoms with E-state index in [1.165, 1.54) is 4.68 Å². The summed E-state index contributed by atoms with van der Waals surface area (Å²) >= 11 is 6.30. The number of halogens is 1. The largest absolute Gasteiger partial charge is 0.452 e. The number of carbonyl (C=O) groups excluding carboxylic acids is 3. The number of esters is 1. The van der Waals surface area contributed by atoms with Crippen molar-refractivity contribution in [1.82, 2.24) is 20.4 Å². The SMILES string of the molecule is Cc1ccc(Cn2nc(C)c(C(=O)OCC(=O)NC(=O)NC(C)C)c2Cl)cc1. The summed E-state index contributed by atoms with van der Waals surface area (Å²) in [5, 5.41) is 8.97. The molecular formula is C19H23ClN4O4. The highest BCUT2D eigenvalue weighted by molar-refractivity contribution is 6.32. The minimum Gasteiger partial charge on any atom is -0.452 e. The van der Waals surface area contributed by atoms with Crippen LogP contribution in [0.5, 0.6) is 0 Å². The van der Waals surface area contributed by atoms with Crippen LogP contribution in [0.3, 0.4) is 0 Å². The molecule has 1 heterocycles. The zero-order valence-electron chi connectivity index (χ0n) is 16.2. The molecule has 0 aliphatic heterocycles. The number of urea groups is 1. The molecule has 9 heteroatoms. The molecule has 0 atom stereocenters. The summed E-state index contributed by atoms with van der Waals surface area (Å²) in [6, 6.07) is 7.07. The van der Waals surface area contributed by atoms with E-state index in [2.05, 4.69) is 15.7 Å². The normalized spacial score (nSPS) is 10.6. The minimum absolute atomic E-state index is 0.0909. The van der Waals surface area contributed by atoms with Crippen LogP contribution < -0.4 is 10.6 Å². The Labute approximate surface area is 168 Å². The molecule has 0 unspecified atom stereocenters. The maximum Gasteiger partial charge on any atom is 0.343 e. The van der Waals surface area contributed by atoms with Gasteiger partial charge in [-0.15, -0.1) is 0 Å². The first kappa shape index (κ1) is 21.4. The number of nitrogens with one attached hydrogen (secondary N) is 2. The molecule has 0 saturated carbocycles. The lowest BCUT2D eigenvalue weighted by Gasteiger charge is -2.09. The van der Waals surface area contributed by atoms with Crippen LogP contribution in [-0.2, 0) is 16.1 Å². The zero-order valence-corrected chi connectivity index (χ0v) is 17.0. The second kappa shape index (κ2) is 9.36. The first-order valence-corrected chi connectivity index (χ1v) is 9.11. The van der Waals surface area contributed by atoms with Gasteiger partial charge < -0.3 is 10.1 Å². The molecule has 1 aromatic heterocycles. The van der Waals surface area contributed by atoms with E-state index >= 15 is 0 Å². The molecule has 0 saturated heterocycles. The van der Waals surface area contributed by atoms with E-state index in [0.717, 1.165) is 11.1 Å². The minimum atomic E-state index is -0.780. The number of ether oxygens (including phenoxy) is 1. The smallest absolute Gasteiger partial charge is 0.343 e. The second-order valence-electron chi connectivity index (χ2n) is 6.65. The molecule has 0 radical (unpaired) electrons. The number of rotatable bonds is 6. The summed E-state index contributed by atoms with van der Waals surface area (Å²) in [4.78, 5) is 35.5. The monoisotopic (exact) mass is 406 g/mol. The van der Waals surface area contributed by atoms with Crippen molar-refractivity contribution < 1.29 is 19.1 Å². The first-order valence-electron chi connectivity index (χ1n) is 8.73. The van der Waals surface area contributed by atoms with E-state index in [1.54, 1.807) is 20.8 Å². The number of imide groups is 1. The van der Waals surface area contributed by atoms with Crippen molar-refractivity contribution in [1.29, 1.82) is 0 Å². The van der Waals surface area contributed by atoms with Gasteiger partial charge in [0.25, 0.3) is 5.91 Å². The molecular weight excluding hydrogens is 384 g/mol. The summed E-state index contributed by atoms with van der Waals surface area (Å²) in [5.74, 6) is -1.52. The number of hydrogen-bond donors (Lipinski definition) is 2. The van der Waals surface area contributed by atoms with Crippen LogP contribution in [-0.4, -0.2) is 40.3 Å². The fraction of sp³-hybridized carbons (Fsp3) is 0.368. The molecule has 0 aliphatic rings. The predicted molar refractivity (Wildman–Crippen MR) is 104 cm³/mol. The number of aryl methyl sites for hydroxylation is 2. The summed E-state index contributed by atoms with van der Waals surface area (Å²) < 4.78 is 6.46. The first-order chi connectivity index (χ1) is 13.2. The maximum atomic E-state index is 12.3. The Balaban J connectivity index is 1.99. The molecule has 8 nitrogen and oxygen atoms in total. The lowest BCUT2D eigenvalue weighted by molar-refractivity contribution is -0.123. The van der Waals surface area contributed by atoms with Crippen LogP contribution in [0.4, 0.5) is 4.79 Å². The molecule has 150 valence electrons. The molecule has 2 N–H and O–H groups in total. The van der Waals surface area contributed by atoms with Gasteiger partial charge in [0, 0.05) is 6.04 Å². The van der Waals surface area contributed by atoms with Crippen molar-refractivity contribution in [3.8, 4) is 0 Å². The van der Waals surface area contributed by atoms with Crippen LogP contribution >= 0.6 is 11.6 Å². The third kappa shape index (κ3) is 5.82. The number of amides is 3. The summed E-state index contributed by atoms with van der Waals surface area (Å²) in [7, 11) is 0. The standard InChI is InChI=1S/C19H23ClN4O4/c1-11(2)21-19(27)22-15(25)10-28-18(26)16-13(4)23-24(17(16)20)9-14-7-5-12(3)6-8-14/h5-8,11H,9-10H2,1-4H3,(H2,21,22,25,27). The third-order valence-electron chi connectivity index (χ3n) is 3.73. The highest BCUT2D eigenvalue weighted by atomic mass is 35.5. The van der Waals surface area contributed by atoms with Crippen LogP contribution in [0.2, 0.25) is 5.15 Å². The summed E-state index contributed by atoms with van der Waals surface area (Å²) in [6.45, 7) is 6.91. The van der Waals surface area contributed by atoms with Crippen molar-refractivity contribution in [3.05, 3.63) is 51.8 Å². The van der Waals surface area contributed by atoms with Crippen molar-refractivity contribution >= 4 is 29.5 Å². The highest BCUT2D eigenvalue weighted by Gasteiger charge is 2.23. The predicted octanol–water partition coefficient (Wildman–Crippen LogP) is 2.59. The van der Waals surface area contributed by atoms with Gasteiger partial charge >= 0.3 is 12.0 Å². The van der Waals surface area contributed by atoms with E-state index in [0.29, 0.717) is 12.2 Å². The summed E-state index contributed by atoms with van der Waals surface area (Å²) in [5.41, 5.74) is 2.59. The van der Waals surface area contributed by atoms with Crippen LogP contribution in [0.15, 0.2) is 24.3 Å². The van der Waals surface area contributed by atoms with Gasteiger partial charge in [-0.25, -0.2) is 14.3 Å². The molecule has 1 aromatic carbocycles. The fourth-order valence-electron chi connectivity index (χ4n) is 2.42. The average Bonchev–Trinajstić information content (AvgIpc) is 2.87. The fourth-order valence-corrected chi connectivity index (χ4v) is 2.73. The second-order valence-corrected chi connectivity index (χ2v) is 7.00. The maximum absolute atomic E-state index is 12.3. The number of carbonyl (C=O) groups is 3. The molecule has 2 aromatic rings. The van der Waals surface area contributed by atoms with Gasteiger partial charge in [0.2, 0.25) is 0 Å². The van der Waals surface area contributed by atoms with E-state index in [4.69, 9.17) is 16.3 Å². The molecule has 0 fully saturated rings. The Kier molecular flexibility index (Phi) is 7.17. The molecule has 0 spiro atoms. The molecule has 28 heavy (non-hydrogen) atoms. The van der Waals surface area contributed by atoms with Crippen molar-refractivity contribution in [2.24, 2.45) is 0 Å². The van der Waals surface area contributed by atoms with E-state index < -0.39 is 24.5 Å². The molecule has 3 amide bonds. The third-order valence-corrected chi connectivity index (χ3v) is 4.11. The number of hydrogen-bond acceptors (Lipinski definition) is 5. The quantitative estimate of drug-likeness (QED) is 0.718. The van der Waals surface area contributed by atoms with Gasteiger partial charge in [-0.1, -0.05) is 41.4 Å². The van der Waals surface area contributed by atoms with Gasteiger partial charge in [-0.2, -0.15) is 5.10 Å². The van der Waals surface area contributed by atoms with E-state index in [1.807, 2.05) is 31.2 Å². The average molecular weight is 407 g/mol. The van der Waals surface area contributed by atoms with Crippen molar-refractivity contribution in [2.75, 3.05) is 6.61 Å². The molecule has 2 rings (SSSR count). The Morgan fingerprint density at radius 3 is 2.43 bits per heavy atom. The topological polar surface area (TPSA) is 102 Å². The number of benzene rings is 1. The van der Waals surface area contributed by atoms with Crippen molar-refractivity contribution in [2.45, 2.75) is 40.3 Å². The van der Waals surface area contributed by atoms with Gasteiger partial charge in [0.05, 0.1) is 12.2 Å². The lowest BCUT2D eigenvalue weighted by atomic mass is 10.1. The Morgan fingerprint density at radius 1 is 1.18 bits per heavy atom. The van der Waals surface area contributed by atoms with Crippen molar-refractivity contribution in [3.63, 3.8) is 0 Å². The summed E-state index contributed by atoms with van der Waals surface area (Å²) in [6.07, 6.45) is 0. The number of aromatic nitrogens is 2. The van der Waals surface area contributed by atoms with Gasteiger partial charge in [-0.05, 0) is 33.3 Å².